The number of tetrazole rings is 1. The summed E-state index contributed by atoms with van der Waals surface area (Å²) < 4.78 is 21.7. The van der Waals surface area contributed by atoms with E-state index in [1.807, 2.05) is 19.9 Å². The zero-order chi connectivity index (χ0) is 22.2. The highest BCUT2D eigenvalue weighted by atomic mass is 16.5. The second-order valence-electron chi connectivity index (χ2n) is 6.29. The van der Waals surface area contributed by atoms with E-state index < -0.39 is 0 Å². The van der Waals surface area contributed by atoms with E-state index in [9.17, 15) is 4.79 Å². The highest BCUT2D eigenvalue weighted by Crippen LogP contribution is 2.32. The summed E-state index contributed by atoms with van der Waals surface area (Å²) in [6.45, 7) is 4.72. The van der Waals surface area contributed by atoms with Crippen LogP contribution in [0.15, 0.2) is 36.4 Å². The third-order valence-corrected chi connectivity index (χ3v) is 4.22. The third kappa shape index (κ3) is 5.41. The van der Waals surface area contributed by atoms with Crippen molar-refractivity contribution in [3.05, 3.63) is 36.4 Å². The van der Waals surface area contributed by atoms with E-state index in [-0.39, 0.29) is 12.5 Å². The van der Waals surface area contributed by atoms with E-state index in [4.69, 9.17) is 18.9 Å². The Balaban J connectivity index is 1.71. The van der Waals surface area contributed by atoms with Gasteiger partial charge in [-0.2, -0.15) is 4.80 Å². The number of nitrogens with one attached hydrogen (secondary N) is 1. The monoisotopic (exact) mass is 427 g/mol. The summed E-state index contributed by atoms with van der Waals surface area (Å²) in [7, 11) is 3.08. The number of hydrogen-bond acceptors (Lipinski definition) is 8. The van der Waals surface area contributed by atoms with Gasteiger partial charge in [-0.25, -0.2) is 0 Å². The zero-order valence-electron chi connectivity index (χ0n) is 17.9. The molecular formula is C21H25N5O5. The molecule has 0 saturated heterocycles. The standard InChI is InChI=1S/C21H25N5O5/c1-5-30-17-10-7-14(11-19(17)31-6-2)21-23-25-26(24-21)13-20(27)22-16-9-8-15(28-3)12-18(16)29-4/h7-12H,5-6,13H2,1-4H3,(H,22,27). The van der Waals surface area contributed by atoms with Gasteiger partial charge in [-0.05, 0) is 49.4 Å². The summed E-state index contributed by atoms with van der Waals surface area (Å²) in [5, 5.41) is 15.1. The first kappa shape index (κ1) is 21.9. The summed E-state index contributed by atoms with van der Waals surface area (Å²) in [6.07, 6.45) is 0. The second-order valence-corrected chi connectivity index (χ2v) is 6.29. The molecule has 1 heterocycles. The number of anilines is 1. The van der Waals surface area contributed by atoms with Gasteiger partial charge in [0.05, 0.1) is 33.1 Å². The molecule has 10 nitrogen and oxygen atoms in total. The van der Waals surface area contributed by atoms with Gasteiger partial charge in [0.1, 0.15) is 18.0 Å². The molecule has 3 rings (SSSR count). The van der Waals surface area contributed by atoms with Crippen molar-refractivity contribution < 1.29 is 23.7 Å². The highest BCUT2D eigenvalue weighted by molar-refractivity contribution is 5.92. The number of ether oxygens (including phenoxy) is 4. The predicted molar refractivity (Wildman–Crippen MR) is 114 cm³/mol. The molecule has 0 aliphatic heterocycles. The van der Waals surface area contributed by atoms with Crippen LogP contribution < -0.4 is 24.3 Å². The van der Waals surface area contributed by atoms with Crippen LogP contribution in [0.2, 0.25) is 0 Å². The number of nitrogens with zero attached hydrogens (tertiary/aromatic N) is 4. The Hall–Kier alpha value is -3.82. The van der Waals surface area contributed by atoms with Gasteiger partial charge in [-0.3, -0.25) is 4.79 Å². The summed E-state index contributed by atoms with van der Waals surface area (Å²) in [4.78, 5) is 13.7. The molecule has 0 saturated carbocycles. The number of hydrogen-bond donors (Lipinski definition) is 1. The third-order valence-electron chi connectivity index (χ3n) is 4.22. The largest absolute Gasteiger partial charge is 0.497 e. The lowest BCUT2D eigenvalue weighted by Crippen LogP contribution is -2.20. The molecule has 0 fully saturated rings. The van der Waals surface area contributed by atoms with E-state index in [1.54, 1.807) is 37.4 Å². The smallest absolute Gasteiger partial charge is 0.248 e. The molecule has 3 aromatic rings. The van der Waals surface area contributed by atoms with Crippen molar-refractivity contribution in [3.63, 3.8) is 0 Å². The van der Waals surface area contributed by atoms with Crippen LogP contribution in [0, 0.1) is 0 Å². The van der Waals surface area contributed by atoms with Crippen LogP contribution >= 0.6 is 0 Å². The molecule has 0 bridgehead atoms. The van der Waals surface area contributed by atoms with E-state index >= 15 is 0 Å². The maximum Gasteiger partial charge on any atom is 0.248 e. The van der Waals surface area contributed by atoms with Crippen molar-refractivity contribution in [2.45, 2.75) is 20.4 Å². The first-order valence-electron chi connectivity index (χ1n) is 9.77. The Kier molecular flexibility index (Phi) is 7.26. The second kappa shape index (κ2) is 10.3. The van der Waals surface area contributed by atoms with Gasteiger partial charge in [0, 0.05) is 11.6 Å². The van der Waals surface area contributed by atoms with Crippen molar-refractivity contribution in [3.8, 4) is 34.4 Å². The number of methoxy groups -OCH3 is 2. The molecule has 0 radical (unpaired) electrons. The van der Waals surface area contributed by atoms with Crippen LogP contribution in [0.1, 0.15) is 13.8 Å². The molecule has 164 valence electrons. The van der Waals surface area contributed by atoms with E-state index in [0.717, 1.165) is 0 Å². The van der Waals surface area contributed by atoms with Gasteiger partial charge in [0.25, 0.3) is 0 Å². The van der Waals surface area contributed by atoms with E-state index in [1.165, 1.54) is 11.9 Å². The molecular weight excluding hydrogens is 402 g/mol. The molecule has 0 unspecified atom stereocenters. The van der Waals surface area contributed by atoms with Crippen LogP contribution in [0.25, 0.3) is 11.4 Å². The van der Waals surface area contributed by atoms with Gasteiger partial charge in [0.2, 0.25) is 11.7 Å². The normalized spacial score (nSPS) is 10.5. The fourth-order valence-electron chi connectivity index (χ4n) is 2.84. The molecule has 1 aromatic heterocycles. The van der Waals surface area contributed by atoms with Crippen molar-refractivity contribution in [1.29, 1.82) is 0 Å². The maximum absolute atomic E-state index is 12.4. The van der Waals surface area contributed by atoms with E-state index in [0.29, 0.717) is 53.3 Å². The lowest BCUT2D eigenvalue weighted by Gasteiger charge is -2.11. The lowest BCUT2D eigenvalue weighted by molar-refractivity contribution is -0.117. The molecule has 2 aromatic carbocycles. The number of amides is 1. The minimum absolute atomic E-state index is 0.114. The fourth-order valence-corrected chi connectivity index (χ4v) is 2.84. The molecule has 0 atom stereocenters. The lowest BCUT2D eigenvalue weighted by atomic mass is 10.2. The Morgan fingerprint density at radius 2 is 1.74 bits per heavy atom. The van der Waals surface area contributed by atoms with Crippen LogP contribution in [0.4, 0.5) is 5.69 Å². The van der Waals surface area contributed by atoms with Crippen LogP contribution in [0.5, 0.6) is 23.0 Å². The number of rotatable bonds is 10. The molecule has 31 heavy (non-hydrogen) atoms. The number of carbonyl (C=O) groups is 1. The quantitative estimate of drug-likeness (QED) is 0.526. The molecule has 10 heteroatoms. The molecule has 0 aliphatic rings. The Morgan fingerprint density at radius 3 is 2.45 bits per heavy atom. The summed E-state index contributed by atoms with van der Waals surface area (Å²) in [5.74, 6) is 2.40. The van der Waals surface area contributed by atoms with Crippen molar-refractivity contribution in [2.24, 2.45) is 0 Å². The van der Waals surface area contributed by atoms with Gasteiger partial charge in [0.15, 0.2) is 11.5 Å². The van der Waals surface area contributed by atoms with Crippen molar-refractivity contribution in [1.82, 2.24) is 20.2 Å². The Morgan fingerprint density at radius 1 is 0.968 bits per heavy atom. The average Bonchev–Trinajstić information content (AvgIpc) is 3.23. The maximum atomic E-state index is 12.4. The van der Waals surface area contributed by atoms with Gasteiger partial charge < -0.3 is 24.3 Å². The first-order valence-corrected chi connectivity index (χ1v) is 9.77. The van der Waals surface area contributed by atoms with E-state index in [2.05, 4.69) is 20.7 Å². The van der Waals surface area contributed by atoms with Crippen molar-refractivity contribution in [2.75, 3.05) is 32.8 Å². The minimum Gasteiger partial charge on any atom is -0.497 e. The number of aromatic nitrogens is 4. The summed E-state index contributed by atoms with van der Waals surface area (Å²) in [5.41, 5.74) is 1.22. The first-order chi connectivity index (χ1) is 15.1. The minimum atomic E-state index is -0.325. The summed E-state index contributed by atoms with van der Waals surface area (Å²) in [6, 6.07) is 10.5. The van der Waals surface area contributed by atoms with Crippen LogP contribution in [-0.2, 0) is 11.3 Å². The predicted octanol–water partition coefficient (Wildman–Crippen LogP) is 2.79. The summed E-state index contributed by atoms with van der Waals surface area (Å²) >= 11 is 0. The van der Waals surface area contributed by atoms with Gasteiger partial charge >= 0.3 is 0 Å². The Bertz CT molecular complexity index is 1040. The molecule has 0 aliphatic carbocycles. The Labute approximate surface area is 180 Å². The zero-order valence-corrected chi connectivity index (χ0v) is 17.9. The van der Waals surface area contributed by atoms with Crippen LogP contribution in [-0.4, -0.2) is 53.5 Å². The molecule has 1 N–H and O–H groups in total. The number of carbonyl (C=O) groups excluding carboxylic acids is 1. The molecule has 0 spiro atoms. The highest BCUT2D eigenvalue weighted by Gasteiger charge is 2.14. The van der Waals surface area contributed by atoms with Crippen molar-refractivity contribution >= 4 is 11.6 Å². The topological polar surface area (TPSA) is 110 Å². The van der Waals surface area contributed by atoms with Gasteiger partial charge in [-0.15, -0.1) is 10.2 Å². The SMILES string of the molecule is CCOc1ccc(-c2nnn(CC(=O)Nc3ccc(OC)cc3OC)n2)cc1OCC. The van der Waals surface area contributed by atoms with Gasteiger partial charge in [-0.1, -0.05) is 0 Å². The fraction of sp³-hybridized carbons (Fsp3) is 0.333. The average molecular weight is 427 g/mol. The van der Waals surface area contributed by atoms with Crippen LogP contribution in [0.3, 0.4) is 0 Å². The number of benzene rings is 2. The molecule has 1 amide bonds.